The third kappa shape index (κ3) is 5.75. The van der Waals surface area contributed by atoms with Crippen molar-refractivity contribution in [3.63, 3.8) is 0 Å². The Morgan fingerprint density at radius 2 is 1.10 bits per heavy atom. The quantitative estimate of drug-likeness (QED) is 0.549. The van der Waals surface area contributed by atoms with Gasteiger partial charge in [-0.3, -0.25) is 0 Å². The second kappa shape index (κ2) is 10.2. The molecule has 0 saturated heterocycles. The summed E-state index contributed by atoms with van der Waals surface area (Å²) in [5.74, 6) is 0.601. The largest absolute Gasteiger partial charge is 0.0683 e. The van der Waals surface area contributed by atoms with Gasteiger partial charge >= 0.3 is 0 Å². The van der Waals surface area contributed by atoms with E-state index >= 15 is 0 Å². The Morgan fingerprint density at radius 1 is 0.619 bits per heavy atom. The van der Waals surface area contributed by atoms with Gasteiger partial charge in [0.15, 0.2) is 0 Å². The first-order valence-electron chi connectivity index (χ1n) is 8.25. The highest BCUT2D eigenvalue weighted by atomic mass is 14.1. The van der Waals surface area contributed by atoms with Crippen molar-refractivity contribution in [3.05, 3.63) is 59.2 Å². The molecule has 0 unspecified atom stereocenters. The third-order valence-electron chi connectivity index (χ3n) is 3.42. The van der Waals surface area contributed by atoms with Crippen LogP contribution in [0.2, 0.25) is 0 Å². The topological polar surface area (TPSA) is 0 Å². The molecule has 0 saturated carbocycles. The van der Waals surface area contributed by atoms with E-state index in [2.05, 4.69) is 70.2 Å². The minimum Gasteiger partial charge on any atom is -0.0683 e. The van der Waals surface area contributed by atoms with E-state index in [0.717, 1.165) is 0 Å². The maximum atomic E-state index is 2.26. The van der Waals surface area contributed by atoms with E-state index in [1.165, 1.54) is 27.8 Å². The molecule has 0 spiro atoms. The summed E-state index contributed by atoms with van der Waals surface area (Å²) in [7, 11) is 0. The van der Waals surface area contributed by atoms with Gasteiger partial charge in [-0.25, -0.2) is 0 Å². The van der Waals surface area contributed by atoms with E-state index < -0.39 is 0 Å². The first kappa shape index (κ1) is 19.4. The number of hydrogen-bond donors (Lipinski definition) is 0. The molecule has 0 atom stereocenters. The number of benzene rings is 2. The van der Waals surface area contributed by atoms with Crippen LogP contribution in [0.15, 0.2) is 42.5 Å². The molecule has 0 heterocycles. The zero-order valence-electron chi connectivity index (χ0n) is 15.1. The van der Waals surface area contributed by atoms with Crippen molar-refractivity contribution < 1.29 is 0 Å². The van der Waals surface area contributed by atoms with Crippen LogP contribution in [0.5, 0.6) is 0 Å². The summed E-state index contributed by atoms with van der Waals surface area (Å²) < 4.78 is 0. The molecule has 0 aromatic heterocycles. The van der Waals surface area contributed by atoms with Gasteiger partial charge < -0.3 is 0 Å². The van der Waals surface area contributed by atoms with Gasteiger partial charge in [-0.15, -0.1) is 0 Å². The molecule has 2 aromatic carbocycles. The molecule has 0 heteroatoms. The van der Waals surface area contributed by atoms with Gasteiger partial charge in [0.05, 0.1) is 0 Å². The molecule has 0 radical (unpaired) electrons. The van der Waals surface area contributed by atoms with Crippen molar-refractivity contribution in [2.75, 3.05) is 0 Å². The van der Waals surface area contributed by atoms with E-state index in [1.807, 2.05) is 27.7 Å². The Labute approximate surface area is 132 Å². The summed E-state index contributed by atoms with van der Waals surface area (Å²) in [5.41, 5.74) is 6.72. The van der Waals surface area contributed by atoms with Crippen LogP contribution < -0.4 is 0 Å². The molecular weight excluding hydrogens is 252 g/mol. The normalized spacial score (nSPS) is 9.38. The standard InChI is InChI=1S/C17H20.2C2H6/c1-12(2)15-7-9-16(10-8-15)17-6-5-13(3)14(4)11-17;2*1-2/h5-12H,1-4H3;2*1-2H3. The highest BCUT2D eigenvalue weighted by molar-refractivity contribution is 5.65. The Morgan fingerprint density at radius 3 is 1.52 bits per heavy atom. The van der Waals surface area contributed by atoms with Crippen molar-refractivity contribution in [3.8, 4) is 11.1 Å². The highest BCUT2D eigenvalue weighted by Crippen LogP contribution is 2.24. The average molecular weight is 284 g/mol. The van der Waals surface area contributed by atoms with E-state index in [0.29, 0.717) is 5.92 Å². The number of aryl methyl sites for hydroxylation is 2. The second-order valence-corrected chi connectivity index (χ2v) is 5.08. The van der Waals surface area contributed by atoms with Gasteiger partial charge in [-0.05, 0) is 47.6 Å². The van der Waals surface area contributed by atoms with Crippen molar-refractivity contribution >= 4 is 0 Å². The first-order valence-corrected chi connectivity index (χ1v) is 8.25. The van der Waals surface area contributed by atoms with Crippen molar-refractivity contribution in [1.82, 2.24) is 0 Å². The van der Waals surface area contributed by atoms with Crippen LogP contribution in [0.4, 0.5) is 0 Å². The molecule has 21 heavy (non-hydrogen) atoms. The third-order valence-corrected chi connectivity index (χ3v) is 3.42. The predicted octanol–water partition coefficient (Wildman–Crippen LogP) is 7.15. The molecule has 0 bridgehead atoms. The summed E-state index contributed by atoms with van der Waals surface area (Å²) in [6.07, 6.45) is 0. The van der Waals surface area contributed by atoms with E-state index in [1.54, 1.807) is 0 Å². The summed E-state index contributed by atoms with van der Waals surface area (Å²) in [6, 6.07) is 15.6. The molecule has 0 aliphatic heterocycles. The molecule has 0 amide bonds. The number of rotatable bonds is 2. The summed E-state index contributed by atoms with van der Waals surface area (Å²) >= 11 is 0. The van der Waals surface area contributed by atoms with Crippen LogP contribution in [-0.4, -0.2) is 0 Å². The van der Waals surface area contributed by atoms with Gasteiger partial charge in [0.2, 0.25) is 0 Å². The lowest BCUT2D eigenvalue weighted by atomic mass is 9.97. The molecule has 0 N–H and O–H groups in total. The minimum absolute atomic E-state index is 0.601. The second-order valence-electron chi connectivity index (χ2n) is 5.08. The molecule has 0 nitrogen and oxygen atoms in total. The summed E-state index contributed by atoms with van der Waals surface area (Å²) in [4.78, 5) is 0. The van der Waals surface area contributed by atoms with Crippen LogP contribution in [-0.2, 0) is 0 Å². The lowest BCUT2D eigenvalue weighted by molar-refractivity contribution is 0.867. The lowest BCUT2D eigenvalue weighted by Crippen LogP contribution is -1.87. The zero-order valence-corrected chi connectivity index (χ0v) is 15.1. The fraction of sp³-hybridized carbons (Fsp3) is 0.429. The molecule has 2 rings (SSSR count). The van der Waals surface area contributed by atoms with Crippen LogP contribution in [0.25, 0.3) is 11.1 Å². The Balaban J connectivity index is 0.000000921. The summed E-state index contributed by atoms with van der Waals surface area (Å²) in [5, 5.41) is 0. The van der Waals surface area contributed by atoms with Gasteiger partial charge in [-0.1, -0.05) is 84.0 Å². The van der Waals surface area contributed by atoms with Crippen molar-refractivity contribution in [2.24, 2.45) is 0 Å². The van der Waals surface area contributed by atoms with E-state index in [-0.39, 0.29) is 0 Å². The Bertz CT molecular complexity index is 504. The van der Waals surface area contributed by atoms with E-state index in [4.69, 9.17) is 0 Å². The van der Waals surface area contributed by atoms with Crippen LogP contribution >= 0.6 is 0 Å². The maximum Gasteiger partial charge on any atom is -0.0181 e. The van der Waals surface area contributed by atoms with Crippen LogP contribution in [0.1, 0.15) is 64.2 Å². The molecule has 0 fully saturated rings. The van der Waals surface area contributed by atoms with Gasteiger partial charge in [-0.2, -0.15) is 0 Å². The molecular formula is C21H32. The smallest absolute Gasteiger partial charge is 0.0181 e. The Kier molecular flexibility index (Phi) is 9.45. The molecule has 2 aromatic rings. The van der Waals surface area contributed by atoms with E-state index in [9.17, 15) is 0 Å². The van der Waals surface area contributed by atoms with Crippen molar-refractivity contribution in [1.29, 1.82) is 0 Å². The van der Waals surface area contributed by atoms with Gasteiger partial charge in [0, 0.05) is 0 Å². The van der Waals surface area contributed by atoms with Crippen LogP contribution in [0, 0.1) is 13.8 Å². The molecule has 0 aliphatic rings. The maximum absolute atomic E-state index is 2.26. The number of hydrogen-bond acceptors (Lipinski definition) is 0. The monoisotopic (exact) mass is 284 g/mol. The van der Waals surface area contributed by atoms with Crippen molar-refractivity contribution in [2.45, 2.75) is 61.3 Å². The van der Waals surface area contributed by atoms with Gasteiger partial charge in [0.1, 0.15) is 0 Å². The fourth-order valence-electron chi connectivity index (χ4n) is 1.98. The first-order chi connectivity index (χ1) is 10.1. The highest BCUT2D eigenvalue weighted by Gasteiger charge is 2.02. The fourth-order valence-corrected chi connectivity index (χ4v) is 1.98. The molecule has 0 aliphatic carbocycles. The van der Waals surface area contributed by atoms with Crippen LogP contribution in [0.3, 0.4) is 0 Å². The lowest BCUT2D eigenvalue weighted by Gasteiger charge is -2.08. The Hall–Kier alpha value is -1.56. The predicted molar refractivity (Wildman–Crippen MR) is 98.1 cm³/mol. The minimum atomic E-state index is 0.601. The zero-order chi connectivity index (χ0) is 16.4. The van der Waals surface area contributed by atoms with Gasteiger partial charge in [0.25, 0.3) is 0 Å². The molecule has 116 valence electrons. The summed E-state index contributed by atoms with van der Waals surface area (Å²) in [6.45, 7) is 16.8. The average Bonchev–Trinajstić information content (AvgIpc) is 2.54. The SMILES string of the molecule is CC.CC.Cc1ccc(-c2ccc(C(C)C)cc2)cc1C.